The first-order valence-electron chi connectivity index (χ1n) is 6.05. The van der Waals surface area contributed by atoms with Gasteiger partial charge in [0.05, 0.1) is 5.92 Å². The molecule has 1 aromatic rings. The first-order chi connectivity index (χ1) is 8.07. The highest BCUT2D eigenvalue weighted by Crippen LogP contribution is 2.18. The lowest BCUT2D eigenvalue weighted by Gasteiger charge is -2.26. The van der Waals surface area contributed by atoms with Crippen LogP contribution in [0.5, 0.6) is 0 Å². The number of amides is 1. The standard InChI is InChI=1S/C14H22N2O/c1-11(2)13(10-15-3)14(17)16(4)12-8-6-5-7-9-12/h5-9,11,13,15H,10H2,1-4H3. The van der Waals surface area contributed by atoms with E-state index < -0.39 is 0 Å². The van der Waals surface area contributed by atoms with Crippen molar-refractivity contribution in [3.05, 3.63) is 30.3 Å². The van der Waals surface area contributed by atoms with Crippen molar-refractivity contribution >= 4 is 11.6 Å². The van der Waals surface area contributed by atoms with Gasteiger partial charge in [-0.2, -0.15) is 0 Å². The number of carbonyl (C=O) groups excluding carboxylic acids is 1. The van der Waals surface area contributed by atoms with Crippen LogP contribution in [0.4, 0.5) is 5.69 Å². The first kappa shape index (κ1) is 13.7. The predicted molar refractivity (Wildman–Crippen MR) is 72.1 cm³/mol. The molecular weight excluding hydrogens is 212 g/mol. The van der Waals surface area contributed by atoms with Gasteiger partial charge >= 0.3 is 0 Å². The first-order valence-corrected chi connectivity index (χ1v) is 6.05. The Bertz CT molecular complexity index is 348. The van der Waals surface area contributed by atoms with Gasteiger partial charge < -0.3 is 10.2 Å². The van der Waals surface area contributed by atoms with E-state index in [9.17, 15) is 4.79 Å². The van der Waals surface area contributed by atoms with Crippen LogP contribution in [-0.2, 0) is 4.79 Å². The molecule has 1 aromatic carbocycles. The maximum Gasteiger partial charge on any atom is 0.231 e. The van der Waals surface area contributed by atoms with Gasteiger partial charge in [-0.05, 0) is 25.1 Å². The summed E-state index contributed by atoms with van der Waals surface area (Å²) >= 11 is 0. The Morgan fingerprint density at radius 3 is 2.35 bits per heavy atom. The Kier molecular flexibility index (Phi) is 5.16. The van der Waals surface area contributed by atoms with E-state index in [4.69, 9.17) is 0 Å². The van der Waals surface area contributed by atoms with E-state index in [-0.39, 0.29) is 11.8 Å². The van der Waals surface area contributed by atoms with E-state index >= 15 is 0 Å². The summed E-state index contributed by atoms with van der Waals surface area (Å²) in [6, 6.07) is 9.75. The number of nitrogens with zero attached hydrogens (tertiary/aromatic N) is 1. The van der Waals surface area contributed by atoms with Gasteiger partial charge in [0.1, 0.15) is 0 Å². The fraction of sp³-hybridized carbons (Fsp3) is 0.500. The Morgan fingerprint density at radius 1 is 1.29 bits per heavy atom. The molecule has 0 spiro atoms. The lowest BCUT2D eigenvalue weighted by Crippen LogP contribution is -2.40. The number of nitrogens with one attached hydrogen (secondary N) is 1. The Balaban J connectivity index is 2.80. The highest BCUT2D eigenvalue weighted by Gasteiger charge is 2.25. The molecule has 0 aliphatic heterocycles. The smallest absolute Gasteiger partial charge is 0.231 e. The molecule has 1 atom stereocenters. The molecule has 94 valence electrons. The van der Waals surface area contributed by atoms with Crippen LogP contribution in [-0.4, -0.2) is 26.5 Å². The van der Waals surface area contributed by atoms with Gasteiger partial charge in [-0.1, -0.05) is 32.0 Å². The van der Waals surface area contributed by atoms with Gasteiger partial charge in [0, 0.05) is 19.3 Å². The topological polar surface area (TPSA) is 32.3 Å². The van der Waals surface area contributed by atoms with E-state index in [1.54, 1.807) is 4.90 Å². The number of carbonyl (C=O) groups is 1. The number of rotatable bonds is 5. The molecule has 0 aliphatic rings. The van der Waals surface area contributed by atoms with Crippen LogP contribution >= 0.6 is 0 Å². The zero-order chi connectivity index (χ0) is 12.8. The molecule has 3 nitrogen and oxygen atoms in total. The summed E-state index contributed by atoms with van der Waals surface area (Å²) in [5.74, 6) is 0.520. The van der Waals surface area contributed by atoms with Gasteiger partial charge in [0.15, 0.2) is 0 Å². The van der Waals surface area contributed by atoms with E-state index in [2.05, 4.69) is 19.2 Å². The lowest BCUT2D eigenvalue weighted by molar-refractivity contribution is -0.123. The monoisotopic (exact) mass is 234 g/mol. The molecule has 0 aromatic heterocycles. The summed E-state index contributed by atoms with van der Waals surface area (Å²) in [5, 5.41) is 3.09. The van der Waals surface area contributed by atoms with Crippen LogP contribution in [0, 0.1) is 11.8 Å². The van der Waals surface area contributed by atoms with Crippen molar-refractivity contribution < 1.29 is 4.79 Å². The number of hydrogen-bond acceptors (Lipinski definition) is 2. The SMILES string of the molecule is CNCC(C(=O)N(C)c1ccccc1)C(C)C. The van der Waals surface area contributed by atoms with Crippen molar-refractivity contribution in [2.45, 2.75) is 13.8 Å². The number of anilines is 1. The largest absolute Gasteiger partial charge is 0.319 e. The molecule has 1 rings (SSSR count). The molecule has 3 heteroatoms. The fourth-order valence-corrected chi connectivity index (χ4v) is 1.86. The number of hydrogen-bond donors (Lipinski definition) is 1. The lowest BCUT2D eigenvalue weighted by atomic mass is 9.94. The molecule has 1 amide bonds. The Labute approximate surface area is 104 Å². The summed E-state index contributed by atoms with van der Waals surface area (Å²) in [7, 11) is 3.72. The van der Waals surface area contributed by atoms with Crippen molar-refractivity contribution in [3.63, 3.8) is 0 Å². The van der Waals surface area contributed by atoms with Crippen molar-refractivity contribution in [1.29, 1.82) is 0 Å². The number of benzene rings is 1. The Morgan fingerprint density at radius 2 is 1.88 bits per heavy atom. The highest BCUT2D eigenvalue weighted by molar-refractivity contribution is 5.94. The van der Waals surface area contributed by atoms with Crippen LogP contribution in [0.3, 0.4) is 0 Å². The molecular formula is C14H22N2O. The summed E-state index contributed by atoms with van der Waals surface area (Å²) in [6.45, 7) is 4.88. The molecule has 0 fully saturated rings. The predicted octanol–water partition coefficient (Wildman–Crippen LogP) is 2.14. The molecule has 1 N–H and O–H groups in total. The molecule has 0 saturated heterocycles. The summed E-state index contributed by atoms with van der Waals surface area (Å²) in [6.07, 6.45) is 0. The van der Waals surface area contributed by atoms with Gasteiger partial charge in [0.25, 0.3) is 0 Å². The quantitative estimate of drug-likeness (QED) is 0.846. The van der Waals surface area contributed by atoms with Gasteiger partial charge in [0.2, 0.25) is 5.91 Å². The third kappa shape index (κ3) is 3.56. The minimum Gasteiger partial charge on any atom is -0.319 e. The van der Waals surface area contributed by atoms with Crippen molar-refractivity contribution in [2.24, 2.45) is 11.8 Å². The minimum atomic E-state index is 0.0187. The molecule has 0 heterocycles. The molecule has 0 bridgehead atoms. The molecule has 0 radical (unpaired) electrons. The maximum atomic E-state index is 12.4. The fourth-order valence-electron chi connectivity index (χ4n) is 1.86. The van der Waals surface area contributed by atoms with Crippen molar-refractivity contribution in [3.8, 4) is 0 Å². The summed E-state index contributed by atoms with van der Waals surface area (Å²) in [4.78, 5) is 14.1. The highest BCUT2D eigenvalue weighted by atomic mass is 16.2. The van der Waals surface area contributed by atoms with Crippen molar-refractivity contribution in [2.75, 3.05) is 25.5 Å². The van der Waals surface area contributed by atoms with Gasteiger partial charge in [-0.25, -0.2) is 0 Å². The second-order valence-electron chi connectivity index (χ2n) is 4.64. The van der Waals surface area contributed by atoms with Gasteiger partial charge in [-0.3, -0.25) is 4.79 Å². The van der Waals surface area contributed by atoms with Crippen LogP contribution < -0.4 is 10.2 Å². The van der Waals surface area contributed by atoms with Crippen molar-refractivity contribution in [1.82, 2.24) is 5.32 Å². The molecule has 0 aliphatic carbocycles. The third-order valence-corrected chi connectivity index (χ3v) is 3.02. The zero-order valence-electron chi connectivity index (χ0n) is 11.1. The minimum absolute atomic E-state index is 0.0187. The second-order valence-corrected chi connectivity index (χ2v) is 4.64. The van der Waals surface area contributed by atoms with Crippen LogP contribution in [0.1, 0.15) is 13.8 Å². The number of para-hydroxylation sites is 1. The average Bonchev–Trinajstić information content (AvgIpc) is 2.35. The zero-order valence-corrected chi connectivity index (χ0v) is 11.1. The third-order valence-electron chi connectivity index (χ3n) is 3.02. The van der Waals surface area contributed by atoms with Crippen LogP contribution in [0.2, 0.25) is 0 Å². The van der Waals surface area contributed by atoms with E-state index in [0.29, 0.717) is 12.5 Å². The van der Waals surface area contributed by atoms with Crippen LogP contribution in [0.25, 0.3) is 0 Å². The molecule has 17 heavy (non-hydrogen) atoms. The summed E-state index contributed by atoms with van der Waals surface area (Å²) in [5.41, 5.74) is 0.944. The second kappa shape index (κ2) is 6.40. The normalized spacial score (nSPS) is 12.5. The average molecular weight is 234 g/mol. The molecule has 1 unspecified atom stereocenters. The van der Waals surface area contributed by atoms with E-state index in [1.807, 2.05) is 44.4 Å². The van der Waals surface area contributed by atoms with E-state index in [1.165, 1.54) is 0 Å². The maximum absolute atomic E-state index is 12.4. The van der Waals surface area contributed by atoms with Crippen LogP contribution in [0.15, 0.2) is 30.3 Å². The molecule has 0 saturated carbocycles. The van der Waals surface area contributed by atoms with Gasteiger partial charge in [-0.15, -0.1) is 0 Å². The Hall–Kier alpha value is -1.35. The summed E-state index contributed by atoms with van der Waals surface area (Å²) < 4.78 is 0. The van der Waals surface area contributed by atoms with E-state index in [0.717, 1.165) is 5.69 Å².